The number of nitrogens with one attached hydrogen (secondary N) is 1. The van der Waals surface area contributed by atoms with Gasteiger partial charge in [-0.2, -0.15) is 0 Å². The van der Waals surface area contributed by atoms with Crippen molar-refractivity contribution in [3.63, 3.8) is 0 Å². The summed E-state index contributed by atoms with van der Waals surface area (Å²) >= 11 is 8.70. The number of hydrogen-bond acceptors (Lipinski definition) is 4. The molecule has 7 heteroatoms. The number of hydrogen-bond donors (Lipinski definition) is 1. The molecule has 1 unspecified atom stereocenters. The predicted molar refractivity (Wildman–Crippen MR) is 94.2 cm³/mol. The zero-order valence-electron chi connectivity index (χ0n) is 12.5. The Labute approximate surface area is 147 Å². The minimum absolute atomic E-state index is 0.146. The lowest BCUT2D eigenvalue weighted by Crippen LogP contribution is -2.45. The maximum absolute atomic E-state index is 13.0. The van der Waals surface area contributed by atoms with Crippen molar-refractivity contribution in [2.24, 2.45) is 0 Å². The van der Waals surface area contributed by atoms with E-state index in [0.29, 0.717) is 10.7 Å². The van der Waals surface area contributed by atoms with E-state index >= 15 is 0 Å². The molecular weight excluding hydrogens is 378 g/mol. The van der Waals surface area contributed by atoms with Gasteiger partial charge in [-0.15, -0.1) is 0 Å². The van der Waals surface area contributed by atoms with Gasteiger partial charge >= 0.3 is 0 Å². The molecule has 1 saturated heterocycles. The molecule has 1 aromatic heterocycles. The summed E-state index contributed by atoms with van der Waals surface area (Å²) in [4.78, 5) is 18.6. The molecule has 1 fully saturated rings. The highest BCUT2D eigenvalue weighted by Crippen LogP contribution is 2.36. The Balaban J connectivity index is 2.22. The zero-order chi connectivity index (χ0) is 16.6. The Kier molecular flexibility index (Phi) is 4.08. The summed E-state index contributed by atoms with van der Waals surface area (Å²) < 4.78 is 5.99. The number of thiocarbonyl (C=S) groups is 1. The first-order valence-corrected chi connectivity index (χ1v) is 8.05. The number of rotatable bonds is 3. The number of ether oxygens (including phenoxy) is 1. The van der Waals surface area contributed by atoms with Gasteiger partial charge < -0.3 is 10.1 Å². The second-order valence-corrected chi connectivity index (χ2v) is 6.47. The van der Waals surface area contributed by atoms with Crippen molar-refractivity contribution < 1.29 is 9.53 Å². The van der Waals surface area contributed by atoms with Gasteiger partial charge in [0.2, 0.25) is 0 Å². The van der Waals surface area contributed by atoms with Crippen LogP contribution in [0.5, 0.6) is 5.75 Å². The number of amides is 1. The van der Waals surface area contributed by atoms with Crippen molar-refractivity contribution >= 4 is 39.2 Å². The van der Waals surface area contributed by atoms with Crippen LogP contribution in [0.2, 0.25) is 0 Å². The van der Waals surface area contributed by atoms with E-state index in [9.17, 15) is 4.79 Å². The van der Waals surface area contributed by atoms with Crippen LogP contribution in [0.25, 0.3) is 0 Å². The lowest BCUT2D eigenvalue weighted by atomic mass is 9.83. The number of nitrogens with zero attached hydrogens (tertiary/aromatic N) is 2. The molecule has 1 atom stereocenters. The Morgan fingerprint density at radius 2 is 1.96 bits per heavy atom. The van der Waals surface area contributed by atoms with Gasteiger partial charge in [0, 0.05) is 29.5 Å². The number of carbonyl (C=O) groups excluding carboxylic acids is 1. The fraction of sp³-hybridized carbons (Fsp3) is 0.188. The van der Waals surface area contributed by atoms with E-state index in [0.717, 1.165) is 15.8 Å². The third-order valence-corrected chi connectivity index (χ3v) is 4.70. The summed E-state index contributed by atoms with van der Waals surface area (Å²) in [5.41, 5.74) is 0.401. The van der Waals surface area contributed by atoms with Crippen molar-refractivity contribution in [2.75, 3.05) is 14.2 Å². The summed E-state index contributed by atoms with van der Waals surface area (Å²) in [6.07, 6.45) is 3.34. The van der Waals surface area contributed by atoms with Gasteiger partial charge in [-0.05, 0) is 51.9 Å². The number of aromatic nitrogens is 1. The van der Waals surface area contributed by atoms with Crippen LogP contribution in [0.4, 0.5) is 0 Å². The highest BCUT2D eigenvalue weighted by Gasteiger charge is 2.51. The van der Waals surface area contributed by atoms with E-state index in [1.165, 1.54) is 4.90 Å². The van der Waals surface area contributed by atoms with Crippen LogP contribution in [-0.4, -0.2) is 35.1 Å². The van der Waals surface area contributed by atoms with Crippen LogP contribution in [0.1, 0.15) is 11.1 Å². The number of carbonyl (C=O) groups is 1. The van der Waals surface area contributed by atoms with Gasteiger partial charge in [-0.3, -0.25) is 14.7 Å². The fourth-order valence-electron chi connectivity index (χ4n) is 2.66. The van der Waals surface area contributed by atoms with Crippen molar-refractivity contribution in [1.29, 1.82) is 0 Å². The van der Waals surface area contributed by atoms with E-state index < -0.39 is 5.54 Å². The van der Waals surface area contributed by atoms with Gasteiger partial charge in [0.05, 0.1) is 7.11 Å². The second-order valence-electron chi connectivity index (χ2n) is 5.16. The molecule has 1 N–H and O–H groups in total. The number of likely N-dealkylation sites (N-methyl/N-ethyl adjacent to an activating group) is 1. The minimum Gasteiger partial charge on any atom is -0.497 e. The monoisotopic (exact) mass is 391 g/mol. The largest absolute Gasteiger partial charge is 0.497 e. The second kappa shape index (κ2) is 5.90. The van der Waals surface area contributed by atoms with Crippen LogP contribution in [0.3, 0.4) is 0 Å². The maximum atomic E-state index is 13.0. The summed E-state index contributed by atoms with van der Waals surface area (Å²) in [6, 6.07) is 9.21. The lowest BCUT2D eigenvalue weighted by molar-refractivity contribution is -0.129. The van der Waals surface area contributed by atoms with Crippen LogP contribution >= 0.6 is 28.1 Å². The molecule has 1 aromatic carbocycles. The molecule has 0 saturated carbocycles. The third kappa shape index (κ3) is 2.49. The average Bonchev–Trinajstić information content (AvgIpc) is 2.80. The molecule has 1 amide bonds. The SMILES string of the molecule is COc1ccc(C2(c3cncc(Br)c3)NC(=S)N(C)C2=O)cc1. The molecule has 2 heterocycles. The Hall–Kier alpha value is -1.99. The third-order valence-electron chi connectivity index (χ3n) is 3.89. The van der Waals surface area contributed by atoms with Crippen molar-refractivity contribution in [1.82, 2.24) is 15.2 Å². The number of methoxy groups -OCH3 is 1. The van der Waals surface area contributed by atoms with Gasteiger partial charge in [-0.1, -0.05) is 12.1 Å². The molecular formula is C16H14BrN3O2S. The number of benzene rings is 1. The van der Waals surface area contributed by atoms with Gasteiger partial charge in [0.15, 0.2) is 10.7 Å². The van der Waals surface area contributed by atoms with Crippen LogP contribution < -0.4 is 10.1 Å². The maximum Gasteiger partial charge on any atom is 0.263 e. The number of pyridine rings is 1. The summed E-state index contributed by atoms with van der Waals surface area (Å²) in [5.74, 6) is 0.574. The first-order valence-electron chi connectivity index (χ1n) is 6.85. The normalized spacial score (nSPS) is 20.6. The average molecular weight is 392 g/mol. The van der Waals surface area contributed by atoms with E-state index in [1.807, 2.05) is 30.3 Å². The van der Waals surface area contributed by atoms with Crippen molar-refractivity contribution in [3.8, 4) is 5.75 Å². The van der Waals surface area contributed by atoms with Gasteiger partial charge in [0.25, 0.3) is 5.91 Å². The van der Waals surface area contributed by atoms with Crippen LogP contribution in [-0.2, 0) is 10.3 Å². The Morgan fingerprint density at radius 1 is 1.26 bits per heavy atom. The standard InChI is InChI=1S/C16H14BrN3O2S/c1-20-14(21)16(19-15(20)23,11-7-12(17)9-18-8-11)10-3-5-13(22-2)6-4-10/h3-9H,1-2H3,(H,19,23). The first-order chi connectivity index (χ1) is 11.0. The molecule has 118 valence electrons. The van der Waals surface area contributed by atoms with E-state index in [1.54, 1.807) is 26.6 Å². The fourth-order valence-corrected chi connectivity index (χ4v) is 3.26. The molecule has 1 aliphatic rings. The van der Waals surface area contributed by atoms with E-state index in [2.05, 4.69) is 26.2 Å². The highest BCUT2D eigenvalue weighted by molar-refractivity contribution is 9.10. The molecule has 2 aromatic rings. The summed E-state index contributed by atoms with van der Waals surface area (Å²) in [5, 5.41) is 3.55. The van der Waals surface area contributed by atoms with Crippen LogP contribution in [0.15, 0.2) is 47.2 Å². The molecule has 0 aliphatic carbocycles. The van der Waals surface area contributed by atoms with E-state index in [4.69, 9.17) is 17.0 Å². The Bertz CT molecular complexity index is 781. The molecule has 0 bridgehead atoms. The summed E-state index contributed by atoms with van der Waals surface area (Å²) in [6.45, 7) is 0. The lowest BCUT2D eigenvalue weighted by Gasteiger charge is -2.28. The zero-order valence-corrected chi connectivity index (χ0v) is 14.9. The molecule has 23 heavy (non-hydrogen) atoms. The number of halogens is 1. The van der Waals surface area contributed by atoms with Gasteiger partial charge in [-0.25, -0.2) is 0 Å². The molecule has 0 spiro atoms. The Morgan fingerprint density at radius 3 is 2.48 bits per heavy atom. The van der Waals surface area contributed by atoms with E-state index in [-0.39, 0.29) is 5.91 Å². The minimum atomic E-state index is -1.09. The molecule has 0 radical (unpaired) electrons. The van der Waals surface area contributed by atoms with Gasteiger partial charge in [0.1, 0.15) is 5.75 Å². The first kappa shape index (κ1) is 15.9. The summed E-state index contributed by atoms with van der Waals surface area (Å²) in [7, 11) is 3.26. The van der Waals surface area contributed by atoms with Crippen molar-refractivity contribution in [2.45, 2.75) is 5.54 Å². The highest BCUT2D eigenvalue weighted by atomic mass is 79.9. The van der Waals surface area contributed by atoms with Crippen LogP contribution in [0, 0.1) is 0 Å². The molecule has 3 rings (SSSR count). The molecule has 1 aliphatic heterocycles. The van der Waals surface area contributed by atoms with Crippen molar-refractivity contribution in [3.05, 3.63) is 58.3 Å². The molecule has 5 nitrogen and oxygen atoms in total. The topological polar surface area (TPSA) is 54.5 Å². The predicted octanol–water partition coefficient (Wildman–Crippen LogP) is 2.44. The smallest absolute Gasteiger partial charge is 0.263 e. The quantitative estimate of drug-likeness (QED) is 0.814.